The molecule has 0 spiro atoms. The third-order valence-electron chi connectivity index (χ3n) is 3.03. The lowest BCUT2D eigenvalue weighted by Gasteiger charge is -2.06. The van der Waals surface area contributed by atoms with Crippen LogP contribution in [0.4, 0.5) is 0 Å². The first-order valence-electron chi connectivity index (χ1n) is 5.56. The van der Waals surface area contributed by atoms with Gasteiger partial charge in [0.2, 0.25) is 5.88 Å². The number of hydrogen-bond donors (Lipinski definition) is 1. The van der Waals surface area contributed by atoms with Crippen molar-refractivity contribution in [2.24, 2.45) is 7.05 Å². The molecule has 2 aromatic rings. The van der Waals surface area contributed by atoms with Crippen molar-refractivity contribution in [1.29, 1.82) is 0 Å². The molecule has 1 N–H and O–H groups in total. The maximum absolute atomic E-state index is 11.1. The number of nitrogens with zero attached hydrogens (tertiary/aromatic N) is 1. The van der Waals surface area contributed by atoms with E-state index < -0.39 is 5.97 Å². The Morgan fingerprint density at radius 1 is 1.16 bits per heavy atom. The van der Waals surface area contributed by atoms with Gasteiger partial charge in [0.15, 0.2) is 5.75 Å². The van der Waals surface area contributed by atoms with E-state index >= 15 is 0 Å². The predicted molar refractivity (Wildman–Crippen MR) is 69.5 cm³/mol. The fraction of sp³-hybridized carbons (Fsp3) is 0.308. The SMILES string of the molecule is COc1cc(C(=O)O)cc2c1c(OC)c(OC)n2C. The van der Waals surface area contributed by atoms with Gasteiger partial charge in [0.05, 0.1) is 37.8 Å². The second-order valence-corrected chi connectivity index (χ2v) is 3.98. The van der Waals surface area contributed by atoms with Crippen LogP contribution in [-0.2, 0) is 7.05 Å². The van der Waals surface area contributed by atoms with Crippen LogP contribution in [0, 0.1) is 0 Å². The molecule has 0 saturated carbocycles. The van der Waals surface area contributed by atoms with Gasteiger partial charge in [-0.05, 0) is 12.1 Å². The summed E-state index contributed by atoms with van der Waals surface area (Å²) in [7, 11) is 6.32. The van der Waals surface area contributed by atoms with Crippen LogP contribution in [0.1, 0.15) is 10.4 Å². The largest absolute Gasteiger partial charge is 0.496 e. The molecule has 0 fully saturated rings. The van der Waals surface area contributed by atoms with Crippen LogP contribution in [0.3, 0.4) is 0 Å². The van der Waals surface area contributed by atoms with E-state index in [9.17, 15) is 4.79 Å². The van der Waals surface area contributed by atoms with Gasteiger partial charge in [-0.2, -0.15) is 0 Å². The predicted octanol–water partition coefficient (Wildman–Crippen LogP) is 1.90. The zero-order chi connectivity index (χ0) is 14.2. The highest BCUT2D eigenvalue weighted by Crippen LogP contribution is 2.43. The molecule has 0 atom stereocenters. The molecule has 0 radical (unpaired) electrons. The molecular weight excluding hydrogens is 250 g/mol. The zero-order valence-corrected chi connectivity index (χ0v) is 11.2. The van der Waals surface area contributed by atoms with Crippen molar-refractivity contribution in [3.63, 3.8) is 0 Å². The van der Waals surface area contributed by atoms with Gasteiger partial charge in [-0.3, -0.25) is 0 Å². The third-order valence-corrected chi connectivity index (χ3v) is 3.03. The number of carboxylic acid groups (broad SMARTS) is 1. The summed E-state index contributed by atoms with van der Waals surface area (Å²) in [5.41, 5.74) is 0.820. The minimum Gasteiger partial charge on any atom is -0.496 e. The van der Waals surface area contributed by atoms with Crippen LogP contribution < -0.4 is 14.2 Å². The van der Waals surface area contributed by atoms with Crippen LogP contribution in [0.25, 0.3) is 10.9 Å². The van der Waals surface area contributed by atoms with Gasteiger partial charge in [0.25, 0.3) is 0 Å². The van der Waals surface area contributed by atoms with E-state index in [1.807, 2.05) is 0 Å². The van der Waals surface area contributed by atoms with Gasteiger partial charge < -0.3 is 23.9 Å². The Kier molecular flexibility index (Phi) is 3.25. The van der Waals surface area contributed by atoms with Crippen molar-refractivity contribution >= 4 is 16.9 Å². The standard InChI is InChI=1S/C13H15NO5/c1-14-8-5-7(13(15)16)6-9(17-2)10(8)11(18-3)12(14)19-4/h5-6H,1-4H3,(H,15,16). The molecule has 6 heteroatoms. The first-order chi connectivity index (χ1) is 9.04. The molecule has 0 bridgehead atoms. The summed E-state index contributed by atoms with van der Waals surface area (Å²) < 4.78 is 17.6. The number of aromatic nitrogens is 1. The molecule has 0 amide bonds. The number of methoxy groups -OCH3 is 3. The second-order valence-electron chi connectivity index (χ2n) is 3.98. The average Bonchev–Trinajstić information content (AvgIpc) is 2.69. The van der Waals surface area contributed by atoms with Crippen LogP contribution in [0.15, 0.2) is 12.1 Å². The minimum atomic E-state index is -1.01. The topological polar surface area (TPSA) is 69.9 Å². The highest BCUT2D eigenvalue weighted by molar-refractivity contribution is 6.01. The fourth-order valence-electron chi connectivity index (χ4n) is 2.17. The quantitative estimate of drug-likeness (QED) is 0.914. The Morgan fingerprint density at radius 2 is 1.84 bits per heavy atom. The van der Waals surface area contributed by atoms with Crippen molar-refractivity contribution in [1.82, 2.24) is 4.57 Å². The molecule has 0 aliphatic carbocycles. The Morgan fingerprint density at radius 3 is 2.32 bits per heavy atom. The van der Waals surface area contributed by atoms with Crippen LogP contribution in [0.2, 0.25) is 0 Å². The summed E-state index contributed by atoms with van der Waals surface area (Å²) in [6, 6.07) is 3.03. The first-order valence-corrected chi connectivity index (χ1v) is 5.56. The van der Waals surface area contributed by atoms with E-state index in [0.29, 0.717) is 28.3 Å². The highest BCUT2D eigenvalue weighted by Gasteiger charge is 2.22. The van der Waals surface area contributed by atoms with Crippen molar-refractivity contribution in [2.75, 3.05) is 21.3 Å². The Labute approximate surface area is 110 Å². The Bertz CT molecular complexity index is 644. The molecule has 102 valence electrons. The van der Waals surface area contributed by atoms with E-state index in [1.54, 1.807) is 17.7 Å². The van der Waals surface area contributed by atoms with E-state index in [-0.39, 0.29) is 5.56 Å². The normalized spacial score (nSPS) is 10.5. The summed E-state index contributed by atoms with van der Waals surface area (Å²) in [4.78, 5) is 11.1. The van der Waals surface area contributed by atoms with Crippen molar-refractivity contribution < 1.29 is 24.1 Å². The first kappa shape index (κ1) is 13.1. The molecule has 0 saturated heterocycles. The number of ether oxygens (including phenoxy) is 3. The number of aryl methyl sites for hydroxylation is 1. The van der Waals surface area contributed by atoms with E-state index in [2.05, 4.69) is 0 Å². The number of fused-ring (bicyclic) bond motifs is 1. The van der Waals surface area contributed by atoms with Gasteiger partial charge in [-0.1, -0.05) is 0 Å². The number of hydrogen-bond acceptors (Lipinski definition) is 4. The fourth-order valence-corrected chi connectivity index (χ4v) is 2.17. The molecule has 1 heterocycles. The van der Waals surface area contributed by atoms with E-state index in [1.165, 1.54) is 27.4 Å². The lowest BCUT2D eigenvalue weighted by atomic mass is 10.1. The molecular formula is C13H15NO5. The summed E-state index contributed by atoms with van der Waals surface area (Å²) in [5, 5.41) is 9.81. The molecule has 0 aliphatic heterocycles. The molecule has 19 heavy (non-hydrogen) atoms. The zero-order valence-electron chi connectivity index (χ0n) is 11.2. The molecule has 6 nitrogen and oxygen atoms in total. The lowest BCUT2D eigenvalue weighted by molar-refractivity contribution is 0.0696. The van der Waals surface area contributed by atoms with Gasteiger partial charge in [0.1, 0.15) is 5.75 Å². The van der Waals surface area contributed by atoms with Gasteiger partial charge in [0, 0.05) is 7.05 Å². The Balaban J connectivity index is 2.91. The Hall–Kier alpha value is -2.37. The summed E-state index contributed by atoms with van der Waals surface area (Å²) in [6.45, 7) is 0. The van der Waals surface area contributed by atoms with Crippen molar-refractivity contribution in [2.45, 2.75) is 0 Å². The monoisotopic (exact) mass is 265 g/mol. The lowest BCUT2D eigenvalue weighted by Crippen LogP contribution is -1.99. The molecule has 0 unspecified atom stereocenters. The maximum atomic E-state index is 11.1. The van der Waals surface area contributed by atoms with Crippen molar-refractivity contribution in [3.05, 3.63) is 17.7 Å². The van der Waals surface area contributed by atoms with E-state index in [4.69, 9.17) is 19.3 Å². The highest BCUT2D eigenvalue weighted by atomic mass is 16.5. The summed E-state index contributed by atoms with van der Waals surface area (Å²) in [5.74, 6) is 0.456. The summed E-state index contributed by atoms with van der Waals surface area (Å²) in [6.07, 6.45) is 0. The summed E-state index contributed by atoms with van der Waals surface area (Å²) >= 11 is 0. The van der Waals surface area contributed by atoms with Crippen LogP contribution >= 0.6 is 0 Å². The minimum absolute atomic E-state index is 0.148. The van der Waals surface area contributed by atoms with Gasteiger partial charge >= 0.3 is 5.97 Å². The number of carbonyl (C=O) groups is 1. The molecule has 2 rings (SSSR count). The van der Waals surface area contributed by atoms with Crippen LogP contribution in [0.5, 0.6) is 17.4 Å². The molecule has 0 aliphatic rings. The molecule has 1 aromatic heterocycles. The number of benzene rings is 1. The second kappa shape index (κ2) is 4.72. The molecule has 1 aromatic carbocycles. The van der Waals surface area contributed by atoms with Crippen molar-refractivity contribution in [3.8, 4) is 17.4 Å². The van der Waals surface area contributed by atoms with E-state index in [0.717, 1.165) is 0 Å². The number of aromatic carboxylic acids is 1. The third kappa shape index (κ3) is 1.85. The maximum Gasteiger partial charge on any atom is 0.335 e. The number of carboxylic acids is 1. The van der Waals surface area contributed by atoms with Crippen LogP contribution in [-0.4, -0.2) is 37.0 Å². The average molecular weight is 265 g/mol. The van der Waals surface area contributed by atoms with Gasteiger partial charge in [-0.25, -0.2) is 4.79 Å². The number of rotatable bonds is 4. The smallest absolute Gasteiger partial charge is 0.335 e. The van der Waals surface area contributed by atoms with Gasteiger partial charge in [-0.15, -0.1) is 0 Å².